The number of urea groups is 1. The van der Waals surface area contributed by atoms with Crippen LogP contribution < -0.4 is 15.4 Å². The van der Waals surface area contributed by atoms with Crippen molar-refractivity contribution < 1.29 is 19.1 Å². The molecule has 0 aliphatic carbocycles. The molecule has 1 saturated heterocycles. The van der Waals surface area contributed by atoms with E-state index >= 15 is 0 Å². The summed E-state index contributed by atoms with van der Waals surface area (Å²) in [7, 11) is 1.56. The largest absolute Gasteiger partial charge is 0.497 e. The SMILES string of the molecule is CC[C@]1(c2ccc(OC)cc2)NC(=O)N(CC(=O)Nc2ccc(C(C)C)cc2)C1=O. The van der Waals surface area contributed by atoms with E-state index in [4.69, 9.17) is 4.74 Å². The predicted molar refractivity (Wildman–Crippen MR) is 114 cm³/mol. The fourth-order valence-electron chi connectivity index (χ4n) is 3.58. The number of hydrogen-bond acceptors (Lipinski definition) is 4. The fraction of sp³-hybridized carbons (Fsp3) is 0.348. The van der Waals surface area contributed by atoms with Crippen molar-refractivity contribution in [1.82, 2.24) is 10.2 Å². The highest BCUT2D eigenvalue weighted by Crippen LogP contribution is 2.33. The summed E-state index contributed by atoms with van der Waals surface area (Å²) in [6.07, 6.45) is 0.360. The number of rotatable bonds is 7. The van der Waals surface area contributed by atoms with Crippen molar-refractivity contribution in [2.75, 3.05) is 19.0 Å². The number of nitrogens with zero attached hydrogens (tertiary/aromatic N) is 1. The molecule has 0 radical (unpaired) electrons. The Morgan fingerprint density at radius 1 is 1.10 bits per heavy atom. The summed E-state index contributed by atoms with van der Waals surface area (Å²) in [4.78, 5) is 39.2. The Bertz CT molecular complexity index is 938. The van der Waals surface area contributed by atoms with E-state index in [9.17, 15) is 14.4 Å². The fourth-order valence-corrected chi connectivity index (χ4v) is 3.58. The van der Waals surface area contributed by atoms with Gasteiger partial charge >= 0.3 is 6.03 Å². The van der Waals surface area contributed by atoms with Gasteiger partial charge in [0.2, 0.25) is 5.91 Å². The molecule has 1 heterocycles. The van der Waals surface area contributed by atoms with Crippen LogP contribution in [0.1, 0.15) is 44.2 Å². The number of nitrogens with one attached hydrogen (secondary N) is 2. The topological polar surface area (TPSA) is 87.7 Å². The number of imide groups is 1. The zero-order valence-corrected chi connectivity index (χ0v) is 17.7. The summed E-state index contributed by atoms with van der Waals surface area (Å²) in [6.45, 7) is 5.65. The lowest BCUT2D eigenvalue weighted by molar-refractivity contribution is -0.134. The maximum atomic E-state index is 13.2. The third-order valence-electron chi connectivity index (χ3n) is 5.45. The Morgan fingerprint density at radius 3 is 2.27 bits per heavy atom. The number of carbonyl (C=O) groups excluding carboxylic acids is 3. The minimum atomic E-state index is -1.19. The van der Waals surface area contributed by atoms with Gasteiger partial charge < -0.3 is 15.4 Å². The molecule has 1 aliphatic heterocycles. The second-order valence-electron chi connectivity index (χ2n) is 7.63. The van der Waals surface area contributed by atoms with E-state index < -0.39 is 23.4 Å². The van der Waals surface area contributed by atoms with Gasteiger partial charge in [-0.15, -0.1) is 0 Å². The van der Waals surface area contributed by atoms with Crippen LogP contribution in [0, 0.1) is 0 Å². The highest BCUT2D eigenvalue weighted by Gasteiger charge is 2.51. The first-order valence-corrected chi connectivity index (χ1v) is 9.99. The molecular weight excluding hydrogens is 382 g/mol. The Kier molecular flexibility index (Phi) is 6.10. The zero-order valence-electron chi connectivity index (χ0n) is 17.7. The Morgan fingerprint density at radius 2 is 1.73 bits per heavy atom. The molecule has 7 heteroatoms. The van der Waals surface area contributed by atoms with E-state index in [1.165, 1.54) is 0 Å². The molecule has 158 valence electrons. The van der Waals surface area contributed by atoms with Crippen LogP contribution in [-0.4, -0.2) is 36.4 Å². The van der Waals surface area contributed by atoms with Gasteiger partial charge in [0.25, 0.3) is 5.91 Å². The number of benzene rings is 2. The molecule has 2 N–H and O–H groups in total. The summed E-state index contributed by atoms with van der Waals surface area (Å²) in [5.41, 5.74) is 1.24. The number of methoxy groups -OCH3 is 1. The molecular formula is C23H27N3O4. The van der Waals surface area contributed by atoms with E-state index in [1.54, 1.807) is 31.4 Å². The van der Waals surface area contributed by atoms with Gasteiger partial charge in [0.1, 0.15) is 17.8 Å². The maximum Gasteiger partial charge on any atom is 0.325 e. The van der Waals surface area contributed by atoms with Crippen LogP contribution >= 0.6 is 0 Å². The van der Waals surface area contributed by atoms with Crippen molar-refractivity contribution in [1.29, 1.82) is 0 Å². The van der Waals surface area contributed by atoms with Crippen LogP contribution in [0.3, 0.4) is 0 Å². The van der Waals surface area contributed by atoms with E-state index in [0.717, 1.165) is 10.5 Å². The smallest absolute Gasteiger partial charge is 0.325 e. The van der Waals surface area contributed by atoms with Gasteiger partial charge in [-0.05, 0) is 47.7 Å². The summed E-state index contributed by atoms with van der Waals surface area (Å²) in [5.74, 6) is 0.171. The van der Waals surface area contributed by atoms with Crippen LogP contribution in [0.5, 0.6) is 5.75 Å². The van der Waals surface area contributed by atoms with Crippen LogP contribution in [-0.2, 0) is 15.1 Å². The molecule has 7 nitrogen and oxygen atoms in total. The van der Waals surface area contributed by atoms with E-state index in [2.05, 4.69) is 24.5 Å². The first kappa shape index (κ1) is 21.4. The first-order valence-electron chi connectivity index (χ1n) is 9.99. The van der Waals surface area contributed by atoms with Crippen molar-refractivity contribution in [3.05, 3.63) is 59.7 Å². The molecule has 1 aliphatic rings. The summed E-state index contributed by atoms with van der Waals surface area (Å²) in [6, 6.07) is 13.9. The van der Waals surface area contributed by atoms with Crippen molar-refractivity contribution in [2.24, 2.45) is 0 Å². The normalized spacial score (nSPS) is 18.5. The highest BCUT2D eigenvalue weighted by atomic mass is 16.5. The summed E-state index contributed by atoms with van der Waals surface area (Å²) in [5, 5.41) is 5.52. The maximum absolute atomic E-state index is 13.2. The van der Waals surface area contributed by atoms with Gasteiger partial charge in [0.15, 0.2) is 0 Å². The van der Waals surface area contributed by atoms with Gasteiger partial charge in [0, 0.05) is 5.69 Å². The average Bonchev–Trinajstić information content (AvgIpc) is 2.99. The van der Waals surface area contributed by atoms with E-state index in [-0.39, 0.29) is 6.54 Å². The monoisotopic (exact) mass is 409 g/mol. The lowest BCUT2D eigenvalue weighted by Gasteiger charge is -2.26. The number of carbonyl (C=O) groups is 3. The molecule has 0 unspecified atom stereocenters. The Hall–Kier alpha value is -3.35. The highest BCUT2D eigenvalue weighted by molar-refractivity contribution is 6.10. The lowest BCUT2D eigenvalue weighted by atomic mass is 9.87. The Labute approximate surface area is 176 Å². The summed E-state index contributed by atoms with van der Waals surface area (Å²) >= 11 is 0. The van der Waals surface area contributed by atoms with Crippen molar-refractivity contribution in [3.8, 4) is 5.75 Å². The zero-order chi connectivity index (χ0) is 21.9. The lowest BCUT2D eigenvalue weighted by Crippen LogP contribution is -2.44. The molecule has 0 aromatic heterocycles. The predicted octanol–water partition coefficient (Wildman–Crippen LogP) is 3.61. The minimum absolute atomic E-state index is 0.353. The molecule has 2 aromatic carbocycles. The third kappa shape index (κ3) is 4.01. The van der Waals surface area contributed by atoms with E-state index in [1.807, 2.05) is 31.2 Å². The number of hydrogen-bond donors (Lipinski definition) is 2. The van der Waals surface area contributed by atoms with E-state index in [0.29, 0.717) is 29.3 Å². The van der Waals surface area contributed by atoms with Crippen molar-refractivity contribution >= 4 is 23.5 Å². The quantitative estimate of drug-likeness (QED) is 0.684. The molecule has 30 heavy (non-hydrogen) atoms. The van der Waals surface area contributed by atoms with Gasteiger partial charge in [0.05, 0.1) is 7.11 Å². The van der Waals surface area contributed by atoms with Crippen LogP contribution in [0.2, 0.25) is 0 Å². The number of amides is 4. The van der Waals surface area contributed by atoms with Gasteiger partial charge in [-0.2, -0.15) is 0 Å². The second kappa shape index (κ2) is 8.57. The van der Waals surface area contributed by atoms with Gasteiger partial charge in [-0.25, -0.2) is 4.79 Å². The molecule has 0 spiro atoms. The molecule has 4 amide bonds. The standard InChI is InChI=1S/C23H27N3O4/c1-5-23(17-8-12-19(30-4)13-9-17)21(28)26(22(29)25-23)14-20(27)24-18-10-6-16(7-11-18)15(2)3/h6-13,15H,5,14H2,1-4H3,(H,24,27)(H,25,29)/t23-/m1/s1. The molecule has 0 saturated carbocycles. The second-order valence-corrected chi connectivity index (χ2v) is 7.63. The minimum Gasteiger partial charge on any atom is -0.497 e. The van der Waals surface area contributed by atoms with Crippen molar-refractivity contribution in [3.63, 3.8) is 0 Å². The molecule has 3 rings (SSSR count). The first-order chi connectivity index (χ1) is 14.3. The summed E-state index contributed by atoms with van der Waals surface area (Å²) < 4.78 is 5.16. The molecule has 1 fully saturated rings. The number of ether oxygens (including phenoxy) is 1. The van der Waals surface area contributed by atoms with Gasteiger partial charge in [-0.1, -0.05) is 45.0 Å². The number of anilines is 1. The third-order valence-corrected chi connectivity index (χ3v) is 5.45. The molecule has 2 aromatic rings. The molecule has 1 atom stereocenters. The van der Waals surface area contributed by atoms with Gasteiger partial charge in [-0.3, -0.25) is 14.5 Å². The van der Waals surface area contributed by atoms with Crippen LogP contribution in [0.25, 0.3) is 0 Å². The molecule has 0 bridgehead atoms. The van der Waals surface area contributed by atoms with Crippen molar-refractivity contribution in [2.45, 2.75) is 38.6 Å². The Balaban J connectivity index is 1.73. The average molecular weight is 409 g/mol. The van der Waals surface area contributed by atoms with Crippen LogP contribution in [0.15, 0.2) is 48.5 Å². The van der Waals surface area contributed by atoms with Crippen LogP contribution in [0.4, 0.5) is 10.5 Å².